The fourth-order valence-electron chi connectivity index (χ4n) is 2.07. The van der Waals surface area contributed by atoms with Crippen LogP contribution in [0.25, 0.3) is 0 Å². The summed E-state index contributed by atoms with van der Waals surface area (Å²) in [4.78, 5) is 0. The molecule has 0 heterocycles. The molecule has 1 aliphatic carbocycles. The Labute approximate surface area is 91.7 Å². The normalized spacial score (nSPS) is 25.9. The number of aryl methyl sites for hydroxylation is 1. The van der Waals surface area contributed by atoms with Crippen LogP contribution in [0.5, 0.6) is 0 Å². The van der Waals surface area contributed by atoms with E-state index in [1.54, 1.807) is 0 Å². The van der Waals surface area contributed by atoms with Crippen LogP contribution in [0.1, 0.15) is 24.0 Å². The first-order chi connectivity index (χ1) is 6.65. The smallest absolute Gasteiger partial charge is 0.113 e. The lowest BCUT2D eigenvalue weighted by molar-refractivity contribution is -0.0327. The first kappa shape index (κ1) is 10.1. The number of aliphatic hydroxyl groups excluding tert-OH is 1. The molecule has 0 aliphatic heterocycles. The van der Waals surface area contributed by atoms with E-state index in [4.69, 9.17) is 0 Å². The van der Waals surface area contributed by atoms with Gasteiger partial charge in [0, 0.05) is 4.47 Å². The highest BCUT2D eigenvalue weighted by Crippen LogP contribution is 2.36. The number of rotatable bonds is 1. The van der Waals surface area contributed by atoms with Gasteiger partial charge in [-0.05, 0) is 42.5 Å². The van der Waals surface area contributed by atoms with E-state index in [9.17, 15) is 10.2 Å². The van der Waals surface area contributed by atoms with Crippen LogP contribution in [-0.4, -0.2) is 16.8 Å². The molecule has 1 aromatic rings. The van der Waals surface area contributed by atoms with Crippen molar-refractivity contribution >= 4 is 15.9 Å². The number of hydrogen-bond acceptors (Lipinski definition) is 2. The molecule has 0 saturated carbocycles. The Morgan fingerprint density at radius 2 is 2.21 bits per heavy atom. The standard InChI is InChI=1S/C11H13BrO2/c12-9-4-3-8-2-1-5-11(14,7-13)10(8)6-9/h3-4,6,13-14H,1-2,5,7H2. The van der Waals surface area contributed by atoms with Crippen LogP contribution < -0.4 is 0 Å². The maximum Gasteiger partial charge on any atom is 0.113 e. The highest BCUT2D eigenvalue weighted by atomic mass is 79.9. The summed E-state index contributed by atoms with van der Waals surface area (Å²) in [6.45, 7) is -0.198. The van der Waals surface area contributed by atoms with Crippen molar-refractivity contribution in [3.8, 4) is 0 Å². The van der Waals surface area contributed by atoms with Gasteiger partial charge in [0.15, 0.2) is 0 Å². The van der Waals surface area contributed by atoms with Gasteiger partial charge >= 0.3 is 0 Å². The van der Waals surface area contributed by atoms with Crippen LogP contribution in [0.4, 0.5) is 0 Å². The highest BCUT2D eigenvalue weighted by Gasteiger charge is 2.33. The molecule has 3 heteroatoms. The third-order valence-corrected chi connectivity index (χ3v) is 3.36. The van der Waals surface area contributed by atoms with Gasteiger partial charge in [0.2, 0.25) is 0 Å². The lowest BCUT2D eigenvalue weighted by Crippen LogP contribution is -2.34. The fraction of sp³-hybridized carbons (Fsp3) is 0.455. The van der Waals surface area contributed by atoms with E-state index in [2.05, 4.69) is 15.9 Å². The van der Waals surface area contributed by atoms with Gasteiger partial charge in [-0.3, -0.25) is 0 Å². The molecule has 2 nitrogen and oxygen atoms in total. The van der Waals surface area contributed by atoms with Gasteiger partial charge in [-0.2, -0.15) is 0 Å². The van der Waals surface area contributed by atoms with Gasteiger partial charge in [0.25, 0.3) is 0 Å². The second-order valence-corrected chi connectivity index (χ2v) is 4.76. The van der Waals surface area contributed by atoms with Crippen molar-refractivity contribution in [2.75, 3.05) is 6.61 Å². The molecule has 0 radical (unpaired) electrons. The zero-order valence-electron chi connectivity index (χ0n) is 7.83. The molecule has 76 valence electrons. The lowest BCUT2D eigenvalue weighted by atomic mass is 9.80. The average molecular weight is 257 g/mol. The average Bonchev–Trinajstić information content (AvgIpc) is 2.20. The second-order valence-electron chi connectivity index (χ2n) is 3.84. The van der Waals surface area contributed by atoms with Crippen LogP contribution >= 0.6 is 15.9 Å². The molecule has 1 aromatic carbocycles. The zero-order valence-corrected chi connectivity index (χ0v) is 9.42. The first-order valence-corrected chi connectivity index (χ1v) is 5.57. The molecule has 14 heavy (non-hydrogen) atoms. The molecule has 0 aromatic heterocycles. The van der Waals surface area contributed by atoms with Gasteiger partial charge in [-0.15, -0.1) is 0 Å². The Kier molecular flexibility index (Phi) is 2.64. The summed E-state index contributed by atoms with van der Waals surface area (Å²) in [6, 6.07) is 5.89. The second kappa shape index (κ2) is 3.65. The minimum absolute atomic E-state index is 0.198. The van der Waals surface area contributed by atoms with Crippen molar-refractivity contribution in [2.24, 2.45) is 0 Å². The summed E-state index contributed by atoms with van der Waals surface area (Å²) in [7, 11) is 0. The van der Waals surface area contributed by atoms with E-state index < -0.39 is 5.60 Å². The lowest BCUT2D eigenvalue weighted by Gasteiger charge is -2.32. The van der Waals surface area contributed by atoms with Gasteiger partial charge < -0.3 is 10.2 Å². The summed E-state index contributed by atoms with van der Waals surface area (Å²) < 4.78 is 0.949. The minimum atomic E-state index is -1.03. The molecule has 2 N–H and O–H groups in total. The van der Waals surface area contributed by atoms with Crippen LogP contribution in [0, 0.1) is 0 Å². The molecule has 0 fully saturated rings. The third kappa shape index (κ3) is 1.60. The van der Waals surface area contributed by atoms with Crippen LogP contribution in [0.15, 0.2) is 22.7 Å². The van der Waals surface area contributed by atoms with Gasteiger partial charge in [0.05, 0.1) is 6.61 Å². The summed E-state index contributed by atoms with van der Waals surface area (Å²) in [5.41, 5.74) is 0.994. The first-order valence-electron chi connectivity index (χ1n) is 4.78. The molecule has 1 atom stereocenters. The quantitative estimate of drug-likeness (QED) is 0.807. The molecule has 0 spiro atoms. The maximum absolute atomic E-state index is 10.2. The number of halogens is 1. The Hall–Kier alpha value is -0.380. The van der Waals surface area contributed by atoms with E-state index in [-0.39, 0.29) is 6.61 Å². The van der Waals surface area contributed by atoms with Crippen molar-refractivity contribution in [3.05, 3.63) is 33.8 Å². The summed E-state index contributed by atoms with van der Waals surface area (Å²) in [6.07, 6.45) is 2.57. The fourth-order valence-corrected chi connectivity index (χ4v) is 2.43. The molecule has 0 amide bonds. The van der Waals surface area contributed by atoms with Crippen molar-refractivity contribution < 1.29 is 10.2 Å². The summed E-state index contributed by atoms with van der Waals surface area (Å²) in [5, 5.41) is 19.4. The summed E-state index contributed by atoms with van der Waals surface area (Å²) >= 11 is 3.38. The number of aliphatic hydroxyl groups is 2. The molecule has 1 aliphatic rings. The zero-order chi connectivity index (χ0) is 10.2. The van der Waals surface area contributed by atoms with E-state index in [1.807, 2.05) is 18.2 Å². The van der Waals surface area contributed by atoms with E-state index >= 15 is 0 Å². The molecule has 1 unspecified atom stereocenters. The number of fused-ring (bicyclic) bond motifs is 1. The van der Waals surface area contributed by atoms with Crippen molar-refractivity contribution in [1.29, 1.82) is 0 Å². The Balaban J connectivity index is 2.52. The maximum atomic E-state index is 10.2. The number of benzene rings is 1. The third-order valence-electron chi connectivity index (χ3n) is 2.87. The molecular formula is C11H13BrO2. The minimum Gasteiger partial charge on any atom is -0.393 e. The van der Waals surface area contributed by atoms with Gasteiger partial charge in [0.1, 0.15) is 5.60 Å². The summed E-state index contributed by atoms with van der Waals surface area (Å²) in [5.74, 6) is 0. The predicted octanol–water partition coefficient (Wildman–Crippen LogP) is 1.97. The molecular weight excluding hydrogens is 244 g/mol. The monoisotopic (exact) mass is 256 g/mol. The van der Waals surface area contributed by atoms with Crippen LogP contribution in [0.2, 0.25) is 0 Å². The molecule has 0 bridgehead atoms. The van der Waals surface area contributed by atoms with Gasteiger partial charge in [-0.1, -0.05) is 22.0 Å². The molecule has 2 rings (SSSR count). The van der Waals surface area contributed by atoms with Crippen molar-refractivity contribution in [3.63, 3.8) is 0 Å². The van der Waals surface area contributed by atoms with E-state index in [0.29, 0.717) is 6.42 Å². The Morgan fingerprint density at radius 1 is 1.43 bits per heavy atom. The van der Waals surface area contributed by atoms with E-state index in [1.165, 1.54) is 0 Å². The Morgan fingerprint density at radius 3 is 2.93 bits per heavy atom. The van der Waals surface area contributed by atoms with Crippen molar-refractivity contribution in [2.45, 2.75) is 24.9 Å². The van der Waals surface area contributed by atoms with Crippen LogP contribution in [-0.2, 0) is 12.0 Å². The largest absolute Gasteiger partial charge is 0.393 e. The number of hydrogen-bond donors (Lipinski definition) is 2. The Bertz CT molecular complexity index is 351. The van der Waals surface area contributed by atoms with E-state index in [0.717, 1.165) is 28.4 Å². The van der Waals surface area contributed by atoms with Gasteiger partial charge in [-0.25, -0.2) is 0 Å². The molecule has 0 saturated heterocycles. The topological polar surface area (TPSA) is 40.5 Å². The predicted molar refractivity (Wildman–Crippen MR) is 58.1 cm³/mol. The van der Waals surface area contributed by atoms with Crippen molar-refractivity contribution in [1.82, 2.24) is 0 Å². The highest BCUT2D eigenvalue weighted by molar-refractivity contribution is 9.10. The van der Waals surface area contributed by atoms with Crippen LogP contribution in [0.3, 0.4) is 0 Å². The SMILES string of the molecule is OCC1(O)CCCc2ccc(Br)cc21.